The van der Waals surface area contributed by atoms with Crippen LogP contribution in [0.3, 0.4) is 0 Å². The van der Waals surface area contributed by atoms with Crippen LogP contribution in [0.2, 0.25) is 0 Å². The van der Waals surface area contributed by atoms with E-state index in [1.165, 1.54) is 18.9 Å². The van der Waals surface area contributed by atoms with Crippen LogP contribution in [0.15, 0.2) is 16.9 Å². The SMILES string of the molecule is COCCO[C@H]1CC[C@H](N2CCC(n3c(=O)[nH]c4cc(F)c(C)cc43)CC2)CC1.Cl. The maximum Gasteiger partial charge on any atom is 0.326 e. The molecule has 4 rings (SSSR count). The number of aromatic nitrogens is 2. The number of benzene rings is 1. The van der Waals surface area contributed by atoms with Crippen LogP contribution < -0.4 is 5.69 Å². The van der Waals surface area contributed by atoms with Crippen molar-refractivity contribution in [2.24, 2.45) is 0 Å². The number of aromatic amines is 1. The average Bonchev–Trinajstić information content (AvgIpc) is 3.04. The normalized spacial score (nSPS) is 23.6. The van der Waals surface area contributed by atoms with Gasteiger partial charge in [-0.25, -0.2) is 9.18 Å². The fourth-order valence-electron chi connectivity index (χ4n) is 5.00. The van der Waals surface area contributed by atoms with Crippen molar-refractivity contribution in [2.45, 2.75) is 63.6 Å². The second kappa shape index (κ2) is 10.3. The highest BCUT2D eigenvalue weighted by molar-refractivity contribution is 5.85. The topological polar surface area (TPSA) is 59.5 Å². The predicted molar refractivity (Wildman–Crippen MR) is 118 cm³/mol. The van der Waals surface area contributed by atoms with Gasteiger partial charge in [0, 0.05) is 32.3 Å². The zero-order valence-corrected chi connectivity index (χ0v) is 18.7. The molecule has 8 heteroatoms. The number of piperidine rings is 1. The van der Waals surface area contributed by atoms with Crippen LogP contribution in [-0.2, 0) is 9.47 Å². The standard InChI is InChI=1S/C22H32FN3O3.ClH/c1-15-13-21-20(14-19(15)23)24-22(27)26(21)17-7-9-25(10-8-17)16-3-5-18(6-4-16)29-12-11-28-2;/h13-14,16-18H,3-12H2,1-2H3,(H,24,27);1H/t16-,18-;. The summed E-state index contributed by atoms with van der Waals surface area (Å²) < 4.78 is 26.6. The van der Waals surface area contributed by atoms with Crippen LogP contribution in [0, 0.1) is 12.7 Å². The fraction of sp³-hybridized carbons (Fsp3) is 0.682. The van der Waals surface area contributed by atoms with Gasteiger partial charge in [0.25, 0.3) is 0 Å². The molecule has 1 aliphatic heterocycles. The maximum atomic E-state index is 13.9. The van der Waals surface area contributed by atoms with E-state index >= 15 is 0 Å². The highest BCUT2D eigenvalue weighted by Crippen LogP contribution is 2.31. The molecule has 0 bridgehead atoms. The lowest BCUT2D eigenvalue weighted by atomic mass is 9.90. The number of likely N-dealkylation sites (tertiary alicyclic amines) is 1. The van der Waals surface area contributed by atoms with Crippen molar-refractivity contribution in [3.63, 3.8) is 0 Å². The first-order valence-corrected chi connectivity index (χ1v) is 10.8. The first-order valence-electron chi connectivity index (χ1n) is 10.8. The number of hydrogen-bond acceptors (Lipinski definition) is 4. The molecule has 0 radical (unpaired) electrons. The third-order valence-corrected chi connectivity index (χ3v) is 6.66. The minimum Gasteiger partial charge on any atom is -0.382 e. The lowest BCUT2D eigenvalue weighted by molar-refractivity contribution is -0.0173. The average molecular weight is 442 g/mol. The van der Waals surface area contributed by atoms with Gasteiger partial charge in [0.05, 0.1) is 30.4 Å². The number of halogens is 2. The summed E-state index contributed by atoms with van der Waals surface area (Å²) in [6, 6.07) is 4.02. The van der Waals surface area contributed by atoms with Gasteiger partial charge in [-0.05, 0) is 63.1 Å². The molecule has 6 nitrogen and oxygen atoms in total. The summed E-state index contributed by atoms with van der Waals surface area (Å²) >= 11 is 0. The van der Waals surface area contributed by atoms with E-state index in [4.69, 9.17) is 9.47 Å². The van der Waals surface area contributed by atoms with Crippen LogP contribution >= 0.6 is 12.4 Å². The minimum absolute atomic E-state index is 0. The van der Waals surface area contributed by atoms with Crippen LogP contribution in [-0.4, -0.2) is 60.0 Å². The Morgan fingerprint density at radius 3 is 2.43 bits per heavy atom. The van der Waals surface area contributed by atoms with Gasteiger partial charge in [0.1, 0.15) is 5.82 Å². The largest absolute Gasteiger partial charge is 0.382 e. The quantitative estimate of drug-likeness (QED) is 0.692. The molecule has 30 heavy (non-hydrogen) atoms. The number of nitrogens with zero attached hydrogens (tertiary/aromatic N) is 2. The van der Waals surface area contributed by atoms with Crippen LogP contribution in [0.4, 0.5) is 4.39 Å². The highest BCUT2D eigenvalue weighted by Gasteiger charge is 2.30. The predicted octanol–water partition coefficient (Wildman–Crippen LogP) is 3.81. The zero-order chi connectivity index (χ0) is 20.4. The lowest BCUT2D eigenvalue weighted by Crippen LogP contribution is -2.45. The monoisotopic (exact) mass is 441 g/mol. The van der Waals surface area contributed by atoms with Gasteiger partial charge >= 0.3 is 5.69 Å². The van der Waals surface area contributed by atoms with Crippen molar-refractivity contribution in [1.82, 2.24) is 14.5 Å². The van der Waals surface area contributed by atoms with Crippen molar-refractivity contribution >= 4 is 23.4 Å². The number of H-pyrrole nitrogens is 1. The molecule has 2 aromatic rings. The first kappa shape index (κ1) is 23.3. The van der Waals surface area contributed by atoms with Crippen LogP contribution in [0.25, 0.3) is 11.0 Å². The van der Waals surface area contributed by atoms with Crippen molar-refractivity contribution in [1.29, 1.82) is 0 Å². The number of hydrogen-bond donors (Lipinski definition) is 1. The summed E-state index contributed by atoms with van der Waals surface area (Å²) in [5, 5.41) is 0. The van der Waals surface area contributed by atoms with E-state index in [0.29, 0.717) is 36.4 Å². The Kier molecular flexibility index (Phi) is 7.96. The van der Waals surface area contributed by atoms with Gasteiger partial charge in [-0.15, -0.1) is 12.4 Å². The molecule has 168 valence electrons. The Bertz CT molecular complexity index is 884. The van der Waals surface area contributed by atoms with E-state index in [1.54, 1.807) is 20.1 Å². The Labute approximate surface area is 183 Å². The molecule has 1 saturated carbocycles. The summed E-state index contributed by atoms with van der Waals surface area (Å²) in [4.78, 5) is 18.0. The molecule has 2 aliphatic rings. The van der Waals surface area contributed by atoms with E-state index in [1.807, 2.05) is 4.57 Å². The molecule has 1 aromatic carbocycles. The van der Waals surface area contributed by atoms with E-state index in [9.17, 15) is 9.18 Å². The number of aryl methyl sites for hydroxylation is 1. The molecular weight excluding hydrogens is 409 g/mol. The number of methoxy groups -OCH3 is 1. The number of fused-ring (bicyclic) bond motifs is 1. The smallest absolute Gasteiger partial charge is 0.326 e. The van der Waals surface area contributed by atoms with Gasteiger partial charge in [0.15, 0.2) is 0 Å². The molecule has 1 aliphatic carbocycles. The second-order valence-electron chi connectivity index (χ2n) is 8.48. The van der Waals surface area contributed by atoms with E-state index in [2.05, 4.69) is 9.88 Å². The van der Waals surface area contributed by atoms with Gasteiger partial charge < -0.3 is 19.4 Å². The number of ether oxygens (including phenoxy) is 2. The number of rotatable bonds is 6. The molecule has 0 atom stereocenters. The summed E-state index contributed by atoms with van der Waals surface area (Å²) in [7, 11) is 1.70. The van der Waals surface area contributed by atoms with Crippen molar-refractivity contribution in [3.05, 3.63) is 34.0 Å². The summed E-state index contributed by atoms with van der Waals surface area (Å²) in [5.74, 6) is -0.275. The minimum atomic E-state index is -0.275. The van der Waals surface area contributed by atoms with Gasteiger partial charge in [0.2, 0.25) is 0 Å². The summed E-state index contributed by atoms with van der Waals surface area (Å²) in [5.41, 5.74) is 1.86. The second-order valence-corrected chi connectivity index (χ2v) is 8.48. The molecular formula is C22H33ClFN3O3. The molecule has 0 unspecified atom stereocenters. The van der Waals surface area contributed by atoms with Gasteiger partial charge in [-0.2, -0.15) is 0 Å². The van der Waals surface area contributed by atoms with Crippen molar-refractivity contribution in [3.8, 4) is 0 Å². The van der Waals surface area contributed by atoms with Crippen LogP contribution in [0.5, 0.6) is 0 Å². The lowest BCUT2D eigenvalue weighted by Gasteiger charge is -2.41. The van der Waals surface area contributed by atoms with E-state index in [-0.39, 0.29) is 30.0 Å². The fourth-order valence-corrected chi connectivity index (χ4v) is 5.00. The summed E-state index contributed by atoms with van der Waals surface area (Å²) in [6.45, 7) is 5.09. The highest BCUT2D eigenvalue weighted by atomic mass is 35.5. The third kappa shape index (κ3) is 4.90. The first-order chi connectivity index (χ1) is 14.1. The van der Waals surface area contributed by atoms with Crippen molar-refractivity contribution < 1.29 is 13.9 Å². The Morgan fingerprint density at radius 1 is 1.07 bits per heavy atom. The molecule has 0 spiro atoms. The molecule has 1 aromatic heterocycles. The molecule has 2 heterocycles. The number of imidazole rings is 1. The van der Waals surface area contributed by atoms with Crippen molar-refractivity contribution in [2.75, 3.05) is 33.4 Å². The van der Waals surface area contributed by atoms with Gasteiger partial charge in [-0.1, -0.05) is 0 Å². The third-order valence-electron chi connectivity index (χ3n) is 6.66. The Morgan fingerprint density at radius 2 is 1.77 bits per heavy atom. The van der Waals surface area contributed by atoms with E-state index < -0.39 is 0 Å². The molecule has 1 saturated heterocycles. The summed E-state index contributed by atoms with van der Waals surface area (Å²) in [6.07, 6.45) is 6.84. The van der Waals surface area contributed by atoms with Gasteiger partial charge in [-0.3, -0.25) is 4.57 Å². The Hall–Kier alpha value is -1.41. The number of nitrogens with one attached hydrogen (secondary N) is 1. The molecule has 1 N–H and O–H groups in total. The van der Waals surface area contributed by atoms with Crippen LogP contribution in [0.1, 0.15) is 50.1 Å². The Balaban J connectivity index is 0.00000256. The zero-order valence-electron chi connectivity index (χ0n) is 17.9. The maximum absolute atomic E-state index is 13.9. The molecule has 0 amide bonds. The molecule has 2 fully saturated rings. The van der Waals surface area contributed by atoms with E-state index in [0.717, 1.165) is 44.3 Å².